The molecule has 1 spiro atoms. The maximum absolute atomic E-state index is 13.0. The average Bonchev–Trinajstić information content (AvgIpc) is 3.41. The van der Waals surface area contributed by atoms with Crippen LogP contribution in [0.2, 0.25) is 0 Å². The fourth-order valence-corrected chi connectivity index (χ4v) is 9.09. The van der Waals surface area contributed by atoms with Gasteiger partial charge in [0.1, 0.15) is 12.2 Å². The van der Waals surface area contributed by atoms with Gasteiger partial charge in [-0.3, -0.25) is 4.79 Å². The SMILES string of the molecule is CC1=C(C)C(=O)OC(C(C)C2CCC3C4CC5OC56C(O)C=CC(=O)C6(O)C4CCC23C)C1. The maximum Gasteiger partial charge on any atom is 0.333 e. The lowest BCUT2D eigenvalue weighted by molar-refractivity contribution is -0.183. The van der Waals surface area contributed by atoms with E-state index in [0.717, 1.165) is 49.7 Å². The predicted octanol–water partition coefficient (Wildman–Crippen LogP) is 3.11. The van der Waals surface area contributed by atoms with Gasteiger partial charge in [-0.15, -0.1) is 0 Å². The van der Waals surface area contributed by atoms with E-state index in [4.69, 9.17) is 9.47 Å². The molecule has 6 aliphatic rings. The third kappa shape index (κ3) is 2.55. The summed E-state index contributed by atoms with van der Waals surface area (Å²) in [6, 6.07) is 0. The molecule has 180 valence electrons. The van der Waals surface area contributed by atoms with Crippen LogP contribution in [0.3, 0.4) is 0 Å². The third-order valence-corrected chi connectivity index (χ3v) is 11.1. The predicted molar refractivity (Wildman–Crippen MR) is 120 cm³/mol. The molecule has 2 N–H and O–H groups in total. The number of hydrogen-bond donors (Lipinski definition) is 2. The van der Waals surface area contributed by atoms with Crippen LogP contribution in [0.5, 0.6) is 0 Å². The Morgan fingerprint density at radius 2 is 1.91 bits per heavy atom. The van der Waals surface area contributed by atoms with Crippen molar-refractivity contribution in [3.05, 3.63) is 23.3 Å². The van der Waals surface area contributed by atoms with Crippen LogP contribution in [0.4, 0.5) is 0 Å². The van der Waals surface area contributed by atoms with E-state index in [1.54, 1.807) is 0 Å². The second-order valence-corrected chi connectivity index (χ2v) is 12.1. The van der Waals surface area contributed by atoms with Crippen LogP contribution < -0.4 is 0 Å². The molecule has 0 bridgehead atoms. The lowest BCUT2D eigenvalue weighted by Gasteiger charge is -2.57. The molecule has 4 aliphatic carbocycles. The van der Waals surface area contributed by atoms with Crippen molar-refractivity contribution in [1.82, 2.24) is 0 Å². The van der Waals surface area contributed by atoms with Crippen molar-refractivity contribution in [2.45, 2.75) is 95.7 Å². The zero-order valence-corrected chi connectivity index (χ0v) is 20.0. The molecule has 0 aromatic carbocycles. The van der Waals surface area contributed by atoms with Crippen LogP contribution in [-0.2, 0) is 19.1 Å². The van der Waals surface area contributed by atoms with Gasteiger partial charge in [0.25, 0.3) is 0 Å². The highest BCUT2D eigenvalue weighted by Crippen LogP contribution is 2.70. The van der Waals surface area contributed by atoms with Crippen LogP contribution in [0, 0.1) is 35.0 Å². The number of aliphatic hydroxyl groups excluding tert-OH is 1. The van der Waals surface area contributed by atoms with Gasteiger partial charge in [-0.25, -0.2) is 4.79 Å². The Kier molecular flexibility index (Phi) is 4.53. The Balaban J connectivity index is 1.28. The highest BCUT2D eigenvalue weighted by atomic mass is 16.6. The molecule has 11 atom stereocenters. The molecule has 11 unspecified atom stereocenters. The molecule has 0 radical (unpaired) electrons. The highest BCUT2D eigenvalue weighted by molar-refractivity contribution is 6.00. The molecule has 4 fully saturated rings. The Bertz CT molecular complexity index is 983. The fraction of sp³-hybridized carbons (Fsp3) is 0.778. The zero-order valence-electron chi connectivity index (χ0n) is 20.0. The molecule has 1 saturated heterocycles. The van der Waals surface area contributed by atoms with E-state index in [0.29, 0.717) is 11.8 Å². The van der Waals surface area contributed by atoms with E-state index < -0.39 is 17.3 Å². The van der Waals surface area contributed by atoms with Crippen molar-refractivity contribution < 1.29 is 29.3 Å². The molecule has 6 nitrogen and oxygen atoms in total. The summed E-state index contributed by atoms with van der Waals surface area (Å²) < 4.78 is 11.9. The summed E-state index contributed by atoms with van der Waals surface area (Å²) in [4.78, 5) is 25.4. The third-order valence-electron chi connectivity index (χ3n) is 11.1. The van der Waals surface area contributed by atoms with Gasteiger partial charge in [0.2, 0.25) is 0 Å². The molecule has 6 heteroatoms. The van der Waals surface area contributed by atoms with E-state index in [-0.39, 0.29) is 47.1 Å². The van der Waals surface area contributed by atoms with Gasteiger partial charge in [0, 0.05) is 17.9 Å². The fourth-order valence-electron chi connectivity index (χ4n) is 9.09. The lowest BCUT2D eigenvalue weighted by atomic mass is 9.47. The average molecular weight is 457 g/mol. The van der Waals surface area contributed by atoms with Crippen molar-refractivity contribution in [2.24, 2.45) is 35.0 Å². The van der Waals surface area contributed by atoms with Gasteiger partial charge >= 0.3 is 5.97 Å². The summed E-state index contributed by atoms with van der Waals surface area (Å²) in [6.45, 7) is 8.51. The van der Waals surface area contributed by atoms with Crippen LogP contribution in [0.1, 0.15) is 66.2 Å². The van der Waals surface area contributed by atoms with Crippen LogP contribution in [0.15, 0.2) is 23.3 Å². The minimum absolute atomic E-state index is 0.0779. The molecule has 2 aliphatic heterocycles. The summed E-state index contributed by atoms with van der Waals surface area (Å²) in [5.74, 6) is 0.613. The maximum atomic E-state index is 13.0. The first-order valence-corrected chi connectivity index (χ1v) is 12.7. The molecule has 33 heavy (non-hydrogen) atoms. The highest BCUT2D eigenvalue weighted by Gasteiger charge is 2.82. The van der Waals surface area contributed by atoms with Crippen LogP contribution in [0.25, 0.3) is 0 Å². The number of carbonyl (C=O) groups excluding carboxylic acids is 2. The summed E-state index contributed by atoms with van der Waals surface area (Å²) in [7, 11) is 0. The quantitative estimate of drug-likeness (QED) is 0.490. The van der Waals surface area contributed by atoms with Gasteiger partial charge in [0.15, 0.2) is 17.0 Å². The summed E-state index contributed by atoms with van der Waals surface area (Å²) in [5, 5.41) is 22.5. The number of fused-ring (bicyclic) bond motifs is 4. The van der Waals surface area contributed by atoms with E-state index in [2.05, 4.69) is 13.8 Å². The Hall–Kier alpha value is -1.50. The van der Waals surface area contributed by atoms with Crippen LogP contribution >= 0.6 is 0 Å². The van der Waals surface area contributed by atoms with Crippen molar-refractivity contribution in [3.63, 3.8) is 0 Å². The lowest BCUT2D eigenvalue weighted by Crippen LogP contribution is -2.69. The first kappa shape index (κ1) is 22.0. The number of ketones is 1. The molecular formula is C27H36O6. The number of aliphatic hydroxyl groups is 2. The van der Waals surface area contributed by atoms with Crippen LogP contribution in [-0.4, -0.2) is 51.5 Å². The Labute approximate surface area is 195 Å². The number of ether oxygens (including phenoxy) is 2. The topological polar surface area (TPSA) is 96.4 Å². The van der Waals surface area contributed by atoms with Gasteiger partial charge in [-0.05, 0) is 87.2 Å². The minimum Gasteiger partial charge on any atom is -0.458 e. The molecular weight excluding hydrogens is 420 g/mol. The second-order valence-electron chi connectivity index (χ2n) is 12.1. The first-order chi connectivity index (χ1) is 15.6. The number of cyclic esters (lactones) is 1. The zero-order chi connectivity index (χ0) is 23.5. The molecule has 0 amide bonds. The first-order valence-electron chi connectivity index (χ1n) is 12.7. The van der Waals surface area contributed by atoms with Crippen molar-refractivity contribution >= 4 is 11.8 Å². The molecule has 0 aromatic rings. The van der Waals surface area contributed by atoms with E-state index in [1.807, 2.05) is 13.8 Å². The van der Waals surface area contributed by atoms with Gasteiger partial charge in [-0.1, -0.05) is 19.4 Å². The summed E-state index contributed by atoms with van der Waals surface area (Å²) >= 11 is 0. The second kappa shape index (κ2) is 6.79. The Morgan fingerprint density at radius 1 is 1.15 bits per heavy atom. The van der Waals surface area contributed by atoms with Gasteiger partial charge in [-0.2, -0.15) is 0 Å². The van der Waals surface area contributed by atoms with Crippen molar-refractivity contribution in [1.29, 1.82) is 0 Å². The Morgan fingerprint density at radius 3 is 2.64 bits per heavy atom. The number of carbonyl (C=O) groups is 2. The number of hydrogen-bond acceptors (Lipinski definition) is 6. The molecule has 3 saturated carbocycles. The smallest absolute Gasteiger partial charge is 0.333 e. The van der Waals surface area contributed by atoms with E-state index >= 15 is 0 Å². The number of rotatable bonds is 2. The molecule has 0 aromatic heterocycles. The molecule has 2 heterocycles. The van der Waals surface area contributed by atoms with Crippen molar-refractivity contribution in [3.8, 4) is 0 Å². The monoisotopic (exact) mass is 456 g/mol. The van der Waals surface area contributed by atoms with Gasteiger partial charge in [0.05, 0.1) is 6.10 Å². The number of esters is 1. The van der Waals surface area contributed by atoms with Gasteiger partial charge < -0.3 is 19.7 Å². The minimum atomic E-state index is -1.63. The normalized spacial score (nSPS) is 53.6. The largest absolute Gasteiger partial charge is 0.458 e. The van der Waals surface area contributed by atoms with Crippen molar-refractivity contribution in [2.75, 3.05) is 0 Å². The molecule has 6 rings (SSSR count). The number of epoxide rings is 1. The summed E-state index contributed by atoms with van der Waals surface area (Å²) in [5.41, 5.74) is -0.819. The summed E-state index contributed by atoms with van der Waals surface area (Å²) in [6.07, 6.45) is 6.98. The standard InChI is InChI=1S/C27H36O6/c1-13-11-20(32-24(30)14(13)2)15(3)17-5-6-18-16-12-23-27(33-23)22(29)8-7-21(28)26(27,31)19(16)9-10-25(17,18)4/h7-8,15-20,22-23,29,31H,5-6,9-12H2,1-4H3. The van der Waals surface area contributed by atoms with E-state index in [9.17, 15) is 19.8 Å². The van der Waals surface area contributed by atoms with E-state index in [1.165, 1.54) is 12.2 Å².